The Hall–Kier alpha value is -1.30. The molecule has 0 spiro atoms. The van der Waals surface area contributed by atoms with Crippen LogP contribution in [0.1, 0.15) is 20.1 Å². The van der Waals surface area contributed by atoms with E-state index in [1.807, 2.05) is 13.8 Å². The molecule has 1 saturated heterocycles. The van der Waals surface area contributed by atoms with E-state index in [4.69, 9.17) is 30.9 Å². The highest BCUT2D eigenvalue weighted by atomic mass is 35.5. The van der Waals surface area contributed by atoms with E-state index in [1.54, 1.807) is 12.3 Å². The van der Waals surface area contributed by atoms with Gasteiger partial charge in [-0.25, -0.2) is 4.98 Å². The third-order valence-electron chi connectivity index (χ3n) is 4.12. The molecule has 156 valence electrons. The van der Waals surface area contributed by atoms with Crippen molar-refractivity contribution in [2.75, 3.05) is 18.3 Å². The predicted octanol–water partition coefficient (Wildman–Crippen LogP) is 0.676. The standard InChI is InChI=1S/C15H22ClN4O7P/c1-7(2)17-12-8-3-4-20(13(8)19-15(16)18-12)14-11(22)10(21)9(27-14)5-26-6-28(23,24)25/h3-4,7,9-11,14,21-22H,5-6H2,1-2H3,(H,17,18,19)(H2,23,24,25)/t9-,10-,11-,14-/m1/s1. The molecule has 2 aromatic rings. The zero-order valence-corrected chi connectivity index (χ0v) is 16.8. The lowest BCUT2D eigenvalue weighted by atomic mass is 10.1. The summed E-state index contributed by atoms with van der Waals surface area (Å²) < 4.78 is 23.0. The van der Waals surface area contributed by atoms with Crippen LogP contribution in [0.4, 0.5) is 5.82 Å². The Bertz CT molecular complexity index is 889. The number of aliphatic hydroxyl groups is 2. The molecular weight excluding hydrogens is 415 g/mol. The van der Waals surface area contributed by atoms with Crippen molar-refractivity contribution in [1.82, 2.24) is 14.5 Å². The van der Waals surface area contributed by atoms with E-state index in [0.717, 1.165) is 0 Å². The largest absolute Gasteiger partial charge is 0.387 e. The van der Waals surface area contributed by atoms with Crippen LogP contribution in [0, 0.1) is 0 Å². The van der Waals surface area contributed by atoms with Gasteiger partial charge in [-0.05, 0) is 31.5 Å². The van der Waals surface area contributed by atoms with Gasteiger partial charge in [0.2, 0.25) is 5.28 Å². The highest BCUT2D eigenvalue weighted by molar-refractivity contribution is 7.51. The summed E-state index contributed by atoms with van der Waals surface area (Å²) in [6.07, 6.45) is -3.77. The number of ether oxygens (including phenoxy) is 2. The van der Waals surface area contributed by atoms with E-state index < -0.39 is 38.5 Å². The third-order valence-corrected chi connectivity index (χ3v) is 4.81. The van der Waals surface area contributed by atoms with Gasteiger partial charge in [-0.3, -0.25) is 4.57 Å². The van der Waals surface area contributed by atoms with Gasteiger partial charge in [0, 0.05) is 12.2 Å². The van der Waals surface area contributed by atoms with Crippen molar-refractivity contribution in [3.8, 4) is 0 Å². The molecule has 0 aromatic carbocycles. The minimum absolute atomic E-state index is 0.00478. The molecule has 0 saturated carbocycles. The summed E-state index contributed by atoms with van der Waals surface area (Å²) in [5, 5.41) is 24.5. The number of aliphatic hydroxyl groups excluding tert-OH is 2. The quantitative estimate of drug-likeness (QED) is 0.308. The fraction of sp³-hybridized carbons (Fsp3) is 0.600. The van der Waals surface area contributed by atoms with Crippen LogP contribution in [-0.4, -0.2) is 71.8 Å². The molecule has 1 aliphatic rings. The fourth-order valence-electron chi connectivity index (χ4n) is 2.98. The number of hydrogen-bond donors (Lipinski definition) is 5. The first-order valence-corrected chi connectivity index (χ1v) is 10.7. The maximum Gasteiger partial charge on any atom is 0.350 e. The van der Waals surface area contributed by atoms with E-state index in [9.17, 15) is 14.8 Å². The second kappa shape index (κ2) is 8.21. The summed E-state index contributed by atoms with van der Waals surface area (Å²) in [5.74, 6) is 0.526. The Labute approximate surface area is 165 Å². The van der Waals surface area contributed by atoms with Crippen molar-refractivity contribution in [1.29, 1.82) is 0 Å². The van der Waals surface area contributed by atoms with Crippen LogP contribution in [0.5, 0.6) is 0 Å². The first-order valence-electron chi connectivity index (χ1n) is 8.51. The number of aromatic nitrogens is 3. The van der Waals surface area contributed by atoms with Crippen molar-refractivity contribution in [2.24, 2.45) is 0 Å². The fourth-order valence-corrected chi connectivity index (χ4v) is 3.49. The Morgan fingerprint density at radius 2 is 2.07 bits per heavy atom. The number of halogens is 1. The molecule has 1 aliphatic heterocycles. The van der Waals surface area contributed by atoms with Gasteiger partial charge < -0.3 is 39.4 Å². The summed E-state index contributed by atoms with van der Waals surface area (Å²) in [4.78, 5) is 26.1. The maximum absolute atomic E-state index is 10.9. The second-order valence-electron chi connectivity index (χ2n) is 6.81. The summed E-state index contributed by atoms with van der Waals surface area (Å²) >= 11 is 6.03. The molecule has 4 atom stereocenters. The number of hydrogen-bond acceptors (Lipinski definition) is 8. The number of fused-ring (bicyclic) bond motifs is 1. The van der Waals surface area contributed by atoms with Gasteiger partial charge in [0.1, 0.15) is 36.1 Å². The van der Waals surface area contributed by atoms with Crippen molar-refractivity contribution in [3.63, 3.8) is 0 Å². The van der Waals surface area contributed by atoms with Gasteiger partial charge in [-0.15, -0.1) is 0 Å². The minimum Gasteiger partial charge on any atom is -0.387 e. The molecular formula is C15H22ClN4O7P. The lowest BCUT2D eigenvalue weighted by Gasteiger charge is -2.18. The molecule has 13 heteroatoms. The molecule has 3 rings (SSSR count). The average molecular weight is 437 g/mol. The molecule has 0 amide bonds. The number of nitrogens with zero attached hydrogens (tertiary/aromatic N) is 3. The highest BCUT2D eigenvalue weighted by Gasteiger charge is 2.44. The smallest absolute Gasteiger partial charge is 0.350 e. The minimum atomic E-state index is -4.34. The highest BCUT2D eigenvalue weighted by Crippen LogP contribution is 2.36. The summed E-state index contributed by atoms with van der Waals surface area (Å²) in [6.45, 7) is 3.59. The van der Waals surface area contributed by atoms with E-state index in [-0.39, 0.29) is 17.9 Å². The van der Waals surface area contributed by atoms with E-state index >= 15 is 0 Å². The lowest BCUT2D eigenvalue weighted by molar-refractivity contribution is -0.0610. The lowest BCUT2D eigenvalue weighted by Crippen LogP contribution is -2.33. The van der Waals surface area contributed by atoms with Crippen LogP contribution in [0.3, 0.4) is 0 Å². The maximum atomic E-state index is 10.9. The monoisotopic (exact) mass is 436 g/mol. The summed E-state index contributed by atoms with van der Waals surface area (Å²) in [7, 11) is -4.34. The average Bonchev–Trinajstić information content (AvgIpc) is 3.09. The Morgan fingerprint density at radius 1 is 1.36 bits per heavy atom. The number of anilines is 1. The van der Waals surface area contributed by atoms with Crippen molar-refractivity contribution >= 4 is 36.0 Å². The molecule has 11 nitrogen and oxygen atoms in total. The molecule has 3 heterocycles. The van der Waals surface area contributed by atoms with Crippen LogP contribution >= 0.6 is 19.2 Å². The summed E-state index contributed by atoms with van der Waals surface area (Å²) in [6, 6.07) is 1.83. The van der Waals surface area contributed by atoms with Gasteiger partial charge in [-0.2, -0.15) is 4.98 Å². The van der Waals surface area contributed by atoms with Gasteiger partial charge in [0.15, 0.2) is 6.23 Å². The SMILES string of the molecule is CC(C)Nc1nc(Cl)nc2c1ccn2[C@@H]1O[C@H](COCP(=O)(O)O)[C@@H](O)[C@H]1O. The Balaban J connectivity index is 1.84. The van der Waals surface area contributed by atoms with Crippen LogP contribution in [0.2, 0.25) is 5.28 Å². The van der Waals surface area contributed by atoms with E-state index in [2.05, 4.69) is 15.3 Å². The molecule has 0 bridgehead atoms. The van der Waals surface area contributed by atoms with Gasteiger partial charge in [0.05, 0.1) is 12.0 Å². The van der Waals surface area contributed by atoms with Gasteiger partial charge in [-0.1, -0.05) is 0 Å². The van der Waals surface area contributed by atoms with Crippen molar-refractivity contribution in [2.45, 2.75) is 44.4 Å². The molecule has 2 aromatic heterocycles. The predicted molar refractivity (Wildman–Crippen MR) is 100 cm³/mol. The molecule has 1 fully saturated rings. The van der Waals surface area contributed by atoms with Crippen LogP contribution in [-0.2, 0) is 14.0 Å². The molecule has 0 unspecified atom stereocenters. The number of nitrogens with one attached hydrogen (secondary N) is 1. The summed E-state index contributed by atoms with van der Waals surface area (Å²) in [5.41, 5.74) is 0.399. The van der Waals surface area contributed by atoms with Crippen LogP contribution in [0.25, 0.3) is 11.0 Å². The second-order valence-corrected chi connectivity index (χ2v) is 8.74. The first-order chi connectivity index (χ1) is 13.1. The van der Waals surface area contributed by atoms with Gasteiger partial charge >= 0.3 is 7.60 Å². The Morgan fingerprint density at radius 3 is 2.71 bits per heavy atom. The van der Waals surface area contributed by atoms with Crippen LogP contribution < -0.4 is 5.32 Å². The van der Waals surface area contributed by atoms with Gasteiger partial charge in [0.25, 0.3) is 0 Å². The molecule has 0 aliphatic carbocycles. The van der Waals surface area contributed by atoms with E-state index in [0.29, 0.717) is 16.9 Å². The van der Waals surface area contributed by atoms with Crippen LogP contribution in [0.15, 0.2) is 12.3 Å². The first kappa shape index (κ1) is 21.4. The zero-order valence-electron chi connectivity index (χ0n) is 15.1. The third kappa shape index (κ3) is 4.64. The van der Waals surface area contributed by atoms with E-state index in [1.165, 1.54) is 4.57 Å². The van der Waals surface area contributed by atoms with Crippen molar-refractivity contribution in [3.05, 3.63) is 17.5 Å². The molecule has 28 heavy (non-hydrogen) atoms. The Kier molecular flexibility index (Phi) is 6.28. The zero-order chi connectivity index (χ0) is 20.6. The van der Waals surface area contributed by atoms with Crippen molar-refractivity contribution < 1.29 is 34.0 Å². The molecule has 0 radical (unpaired) electrons. The number of rotatable bonds is 7. The molecule has 5 N–H and O–H groups in total. The topological polar surface area (TPSA) is 159 Å². The normalized spacial score (nSPS) is 25.7.